The maximum absolute atomic E-state index is 6.23. The van der Waals surface area contributed by atoms with Crippen LogP contribution in [0.25, 0.3) is 93.6 Å². The highest BCUT2D eigenvalue weighted by atomic mass is 16.3. The standard InChI is InChI=1S/C47H31N3O/c1-2-30-31-14-6-9-17-38(31)48-44-37-26-28(27-20-23-42-35(24-27)32-15-8-11-19-41(32)51-42)25-36-33-21-22-40-43(46(33)50(45(36)37)47(30)44)34-16-7-10-18-39(34)49(40)29-12-4-3-5-13-29/h3-26,44,48H,2H2,1H3. The third-order valence-corrected chi connectivity index (χ3v) is 11.5. The van der Waals surface area contributed by atoms with Crippen molar-refractivity contribution in [2.45, 2.75) is 19.4 Å². The molecule has 0 fully saturated rings. The number of hydrogen-bond acceptors (Lipinski definition) is 2. The summed E-state index contributed by atoms with van der Waals surface area (Å²) in [7, 11) is 0. The number of rotatable bonds is 3. The van der Waals surface area contributed by atoms with Gasteiger partial charge >= 0.3 is 0 Å². The van der Waals surface area contributed by atoms with Gasteiger partial charge in [-0.15, -0.1) is 0 Å². The van der Waals surface area contributed by atoms with Crippen LogP contribution in [0.1, 0.15) is 30.5 Å². The summed E-state index contributed by atoms with van der Waals surface area (Å²) in [5.41, 5.74) is 17.0. The predicted octanol–water partition coefficient (Wildman–Crippen LogP) is 12.7. The molecule has 1 unspecified atom stereocenters. The van der Waals surface area contributed by atoms with Crippen molar-refractivity contribution in [3.05, 3.63) is 157 Å². The molecule has 0 radical (unpaired) electrons. The molecule has 51 heavy (non-hydrogen) atoms. The zero-order chi connectivity index (χ0) is 33.4. The Balaban J connectivity index is 1.24. The second-order valence-electron chi connectivity index (χ2n) is 14.0. The Morgan fingerprint density at radius 2 is 1.33 bits per heavy atom. The summed E-state index contributed by atoms with van der Waals surface area (Å²) in [5.74, 6) is 0. The molecule has 240 valence electrons. The van der Waals surface area contributed by atoms with Crippen molar-refractivity contribution in [1.29, 1.82) is 0 Å². The lowest BCUT2D eigenvalue weighted by atomic mass is 9.88. The fraction of sp³-hybridized carbons (Fsp3) is 0.0638. The van der Waals surface area contributed by atoms with Crippen LogP contribution < -0.4 is 5.32 Å². The van der Waals surface area contributed by atoms with Gasteiger partial charge in [-0.25, -0.2) is 0 Å². The van der Waals surface area contributed by atoms with Gasteiger partial charge in [0.1, 0.15) is 11.2 Å². The number of allylic oxidation sites excluding steroid dienone is 1. The summed E-state index contributed by atoms with van der Waals surface area (Å²) >= 11 is 0. The maximum atomic E-state index is 6.23. The first-order chi connectivity index (χ1) is 25.3. The zero-order valence-electron chi connectivity index (χ0n) is 27.9. The molecule has 4 nitrogen and oxygen atoms in total. The van der Waals surface area contributed by atoms with E-state index in [4.69, 9.17) is 4.42 Å². The van der Waals surface area contributed by atoms with E-state index in [0.717, 1.165) is 28.4 Å². The van der Waals surface area contributed by atoms with Gasteiger partial charge in [-0.3, -0.25) is 0 Å². The van der Waals surface area contributed by atoms with E-state index in [1.165, 1.54) is 88.5 Å². The summed E-state index contributed by atoms with van der Waals surface area (Å²) in [6.45, 7) is 2.31. The molecule has 3 aromatic heterocycles. The number of hydrogen-bond donors (Lipinski definition) is 1. The van der Waals surface area contributed by atoms with E-state index >= 15 is 0 Å². The molecule has 0 aliphatic carbocycles. The van der Waals surface area contributed by atoms with E-state index in [0.29, 0.717) is 0 Å². The minimum absolute atomic E-state index is 0.0351. The van der Waals surface area contributed by atoms with E-state index in [1.807, 2.05) is 6.07 Å². The van der Waals surface area contributed by atoms with Gasteiger partial charge in [0.05, 0.1) is 33.8 Å². The van der Waals surface area contributed by atoms with Gasteiger partial charge in [0, 0.05) is 54.8 Å². The fourth-order valence-corrected chi connectivity index (χ4v) is 9.37. The quantitative estimate of drug-likeness (QED) is 0.206. The van der Waals surface area contributed by atoms with Crippen LogP contribution in [0.4, 0.5) is 5.69 Å². The zero-order valence-corrected chi connectivity index (χ0v) is 27.9. The molecular formula is C47H31N3O. The highest BCUT2D eigenvalue weighted by Crippen LogP contribution is 2.55. The van der Waals surface area contributed by atoms with Crippen LogP contribution in [-0.4, -0.2) is 9.13 Å². The Morgan fingerprint density at radius 1 is 0.569 bits per heavy atom. The van der Waals surface area contributed by atoms with Crippen LogP contribution in [-0.2, 0) is 0 Å². The molecular weight excluding hydrogens is 623 g/mol. The van der Waals surface area contributed by atoms with Crippen molar-refractivity contribution in [3.8, 4) is 16.8 Å². The molecule has 5 heterocycles. The SMILES string of the molecule is CCC1=C2C(Nc3ccccc31)c1cc(-c3ccc4oc5ccccc5c4c3)cc3c4ccc5c(c6ccccc6n5-c5ccccc5)c4n2c13. The Labute approximate surface area is 293 Å². The monoisotopic (exact) mass is 653 g/mol. The number of fused-ring (bicyclic) bond motifs is 14. The summed E-state index contributed by atoms with van der Waals surface area (Å²) in [4.78, 5) is 0. The lowest BCUT2D eigenvalue weighted by Crippen LogP contribution is -2.18. The van der Waals surface area contributed by atoms with Crippen molar-refractivity contribution in [3.63, 3.8) is 0 Å². The predicted molar refractivity (Wildman–Crippen MR) is 213 cm³/mol. The number of benzene rings is 7. The number of furan rings is 1. The summed E-state index contributed by atoms with van der Waals surface area (Å²) in [6, 6.07) is 53.1. The molecule has 10 aromatic rings. The first-order valence-electron chi connectivity index (χ1n) is 17.9. The minimum atomic E-state index is 0.0351. The molecule has 0 bridgehead atoms. The molecule has 0 saturated carbocycles. The van der Waals surface area contributed by atoms with E-state index in [1.54, 1.807) is 0 Å². The molecule has 0 amide bonds. The smallest absolute Gasteiger partial charge is 0.135 e. The van der Waals surface area contributed by atoms with Crippen LogP contribution in [0.15, 0.2) is 150 Å². The molecule has 2 aliphatic heterocycles. The highest BCUT2D eigenvalue weighted by molar-refractivity contribution is 6.29. The van der Waals surface area contributed by atoms with Crippen molar-refractivity contribution in [2.24, 2.45) is 0 Å². The molecule has 2 aliphatic rings. The van der Waals surface area contributed by atoms with Gasteiger partial charge in [-0.2, -0.15) is 0 Å². The molecule has 0 saturated heterocycles. The van der Waals surface area contributed by atoms with E-state index in [9.17, 15) is 0 Å². The highest BCUT2D eigenvalue weighted by Gasteiger charge is 2.38. The summed E-state index contributed by atoms with van der Waals surface area (Å²) in [6.07, 6.45) is 0.943. The Hall–Kier alpha value is -6.52. The maximum Gasteiger partial charge on any atom is 0.135 e. The van der Waals surface area contributed by atoms with Gasteiger partial charge in [0.25, 0.3) is 0 Å². The van der Waals surface area contributed by atoms with Crippen molar-refractivity contribution >= 4 is 82.5 Å². The van der Waals surface area contributed by atoms with Gasteiger partial charge < -0.3 is 18.9 Å². The van der Waals surface area contributed by atoms with E-state index in [2.05, 4.69) is 161 Å². The summed E-state index contributed by atoms with van der Waals surface area (Å²) < 4.78 is 11.3. The number of aromatic nitrogens is 2. The van der Waals surface area contributed by atoms with Gasteiger partial charge in [0.2, 0.25) is 0 Å². The normalized spacial score (nSPS) is 15.1. The van der Waals surface area contributed by atoms with Gasteiger partial charge in [-0.05, 0) is 83.8 Å². The van der Waals surface area contributed by atoms with Crippen LogP contribution >= 0.6 is 0 Å². The van der Waals surface area contributed by atoms with Crippen LogP contribution in [0.2, 0.25) is 0 Å². The van der Waals surface area contributed by atoms with Crippen molar-refractivity contribution in [2.75, 3.05) is 5.32 Å². The van der Waals surface area contributed by atoms with E-state index < -0.39 is 0 Å². The lowest BCUT2D eigenvalue weighted by Gasteiger charge is -2.29. The number of nitrogens with one attached hydrogen (secondary N) is 1. The molecule has 4 heteroatoms. The number of nitrogens with zero attached hydrogens (tertiary/aromatic N) is 2. The van der Waals surface area contributed by atoms with Crippen molar-refractivity contribution in [1.82, 2.24) is 9.13 Å². The van der Waals surface area contributed by atoms with Gasteiger partial charge in [0.15, 0.2) is 0 Å². The first-order valence-corrected chi connectivity index (χ1v) is 17.9. The third-order valence-electron chi connectivity index (χ3n) is 11.5. The Bertz CT molecular complexity index is 3150. The molecule has 0 spiro atoms. The second-order valence-corrected chi connectivity index (χ2v) is 14.0. The minimum Gasteiger partial charge on any atom is -0.456 e. The lowest BCUT2D eigenvalue weighted by molar-refractivity contribution is 0.669. The molecule has 7 aromatic carbocycles. The van der Waals surface area contributed by atoms with Crippen LogP contribution in [0.5, 0.6) is 0 Å². The van der Waals surface area contributed by atoms with Crippen LogP contribution in [0.3, 0.4) is 0 Å². The first kappa shape index (κ1) is 27.3. The summed E-state index contributed by atoms with van der Waals surface area (Å²) in [5, 5.41) is 11.5. The fourth-order valence-electron chi connectivity index (χ4n) is 9.37. The number of para-hydroxylation sites is 4. The third kappa shape index (κ3) is 3.49. The van der Waals surface area contributed by atoms with E-state index in [-0.39, 0.29) is 6.04 Å². The van der Waals surface area contributed by atoms with Gasteiger partial charge in [-0.1, -0.05) is 91.9 Å². The molecule has 1 N–H and O–H groups in total. The second kappa shape index (κ2) is 9.80. The molecule has 1 atom stereocenters. The molecule has 12 rings (SSSR count). The Kier molecular flexibility index (Phi) is 5.25. The average Bonchev–Trinajstić information content (AvgIpc) is 3.92. The van der Waals surface area contributed by atoms with Crippen LogP contribution in [0, 0.1) is 0 Å². The average molecular weight is 654 g/mol. The Morgan fingerprint density at radius 3 is 2.24 bits per heavy atom. The largest absolute Gasteiger partial charge is 0.456 e. The topological polar surface area (TPSA) is 35.0 Å². The van der Waals surface area contributed by atoms with Crippen molar-refractivity contribution < 1.29 is 4.42 Å². The number of anilines is 1.